The molecule has 4 rings (SSSR count). The first-order valence-corrected chi connectivity index (χ1v) is 9.09. The summed E-state index contributed by atoms with van der Waals surface area (Å²) in [5, 5.41) is 4.04. The summed E-state index contributed by atoms with van der Waals surface area (Å²) in [6.45, 7) is 0.489. The highest BCUT2D eigenvalue weighted by atomic mass is 19.1. The molecule has 140 valence electrons. The van der Waals surface area contributed by atoms with Crippen molar-refractivity contribution < 1.29 is 8.91 Å². The maximum Gasteiger partial charge on any atom is 0.241 e. The molecule has 0 radical (unpaired) electrons. The van der Waals surface area contributed by atoms with Gasteiger partial charge < -0.3 is 4.52 Å². The second-order valence-corrected chi connectivity index (χ2v) is 6.66. The Hall–Kier alpha value is -3.31. The van der Waals surface area contributed by atoms with E-state index in [1.54, 1.807) is 12.1 Å². The molecule has 0 N–H and O–H groups in total. The summed E-state index contributed by atoms with van der Waals surface area (Å²) < 4.78 is 18.6. The van der Waals surface area contributed by atoms with Gasteiger partial charge >= 0.3 is 0 Å². The third-order valence-corrected chi connectivity index (χ3v) is 4.63. The quantitative estimate of drug-likeness (QED) is 0.472. The van der Waals surface area contributed by atoms with Gasteiger partial charge in [0, 0.05) is 5.56 Å². The number of benzene rings is 3. The van der Waals surface area contributed by atoms with Crippen molar-refractivity contribution in [2.75, 3.05) is 7.05 Å². The zero-order valence-corrected chi connectivity index (χ0v) is 15.5. The highest BCUT2D eigenvalue weighted by Gasteiger charge is 2.21. The molecule has 0 saturated heterocycles. The molecule has 1 aromatic heterocycles. The van der Waals surface area contributed by atoms with Gasteiger partial charge in [0.2, 0.25) is 11.7 Å². The van der Waals surface area contributed by atoms with E-state index in [2.05, 4.69) is 39.3 Å². The van der Waals surface area contributed by atoms with Gasteiger partial charge in [-0.3, -0.25) is 4.90 Å². The van der Waals surface area contributed by atoms with Crippen LogP contribution in [0.2, 0.25) is 0 Å². The van der Waals surface area contributed by atoms with Gasteiger partial charge in [-0.05, 0) is 42.4 Å². The Labute approximate surface area is 163 Å². The van der Waals surface area contributed by atoms with Crippen LogP contribution >= 0.6 is 0 Å². The van der Waals surface area contributed by atoms with Crippen molar-refractivity contribution in [3.63, 3.8) is 0 Å². The molecule has 0 aliphatic rings. The second-order valence-electron chi connectivity index (χ2n) is 6.66. The van der Waals surface area contributed by atoms with Crippen LogP contribution in [-0.4, -0.2) is 22.1 Å². The van der Waals surface area contributed by atoms with E-state index in [0.29, 0.717) is 18.3 Å². The van der Waals surface area contributed by atoms with Crippen molar-refractivity contribution in [1.29, 1.82) is 0 Å². The minimum Gasteiger partial charge on any atom is -0.338 e. The lowest BCUT2D eigenvalue weighted by molar-refractivity contribution is 0.229. The first kappa shape index (κ1) is 18.1. The second kappa shape index (κ2) is 8.15. The van der Waals surface area contributed by atoms with E-state index >= 15 is 0 Å². The highest BCUT2D eigenvalue weighted by molar-refractivity contribution is 5.53. The standard InChI is InChI=1S/C23H20FN3O/c1-27(16-21-25-23(26-28-21)19-12-14-20(24)15-13-19)22(17-8-4-2-5-9-17)18-10-6-3-7-11-18/h2-15,22H,16H2,1H3. The van der Waals surface area contributed by atoms with Crippen molar-refractivity contribution in [1.82, 2.24) is 15.0 Å². The third-order valence-electron chi connectivity index (χ3n) is 4.63. The van der Waals surface area contributed by atoms with Gasteiger partial charge in [0.05, 0.1) is 12.6 Å². The summed E-state index contributed by atoms with van der Waals surface area (Å²) in [4.78, 5) is 6.65. The zero-order valence-electron chi connectivity index (χ0n) is 15.5. The summed E-state index contributed by atoms with van der Waals surface area (Å²) in [5.74, 6) is 0.679. The molecule has 0 spiro atoms. The summed E-state index contributed by atoms with van der Waals surface area (Å²) in [5.41, 5.74) is 3.10. The molecule has 4 aromatic rings. The molecular weight excluding hydrogens is 353 g/mol. The molecule has 3 aromatic carbocycles. The molecular formula is C23H20FN3O. The number of hydrogen-bond donors (Lipinski definition) is 0. The predicted molar refractivity (Wildman–Crippen MR) is 106 cm³/mol. The largest absolute Gasteiger partial charge is 0.338 e. The van der Waals surface area contributed by atoms with Gasteiger partial charge in [-0.2, -0.15) is 4.98 Å². The first-order chi connectivity index (χ1) is 13.7. The topological polar surface area (TPSA) is 42.2 Å². The third kappa shape index (κ3) is 4.00. The molecule has 0 saturated carbocycles. The van der Waals surface area contributed by atoms with E-state index in [-0.39, 0.29) is 11.9 Å². The first-order valence-electron chi connectivity index (χ1n) is 9.09. The van der Waals surface area contributed by atoms with Crippen molar-refractivity contribution in [3.8, 4) is 11.4 Å². The normalized spacial score (nSPS) is 11.3. The molecule has 28 heavy (non-hydrogen) atoms. The van der Waals surface area contributed by atoms with Crippen molar-refractivity contribution in [2.24, 2.45) is 0 Å². The fourth-order valence-electron chi connectivity index (χ4n) is 3.31. The zero-order chi connectivity index (χ0) is 19.3. The van der Waals surface area contributed by atoms with Gasteiger partial charge in [-0.1, -0.05) is 65.8 Å². The van der Waals surface area contributed by atoms with Crippen LogP contribution in [0.1, 0.15) is 23.1 Å². The molecule has 0 aliphatic carbocycles. The predicted octanol–water partition coefficient (Wildman–Crippen LogP) is 5.10. The molecule has 0 bridgehead atoms. The lowest BCUT2D eigenvalue weighted by Gasteiger charge is -2.27. The highest BCUT2D eigenvalue weighted by Crippen LogP contribution is 2.28. The summed E-state index contributed by atoms with van der Waals surface area (Å²) in [6.07, 6.45) is 0. The minimum atomic E-state index is -0.291. The monoisotopic (exact) mass is 373 g/mol. The van der Waals surface area contributed by atoms with Crippen LogP contribution < -0.4 is 0 Å². The maximum atomic E-state index is 13.1. The Morgan fingerprint density at radius 1 is 0.857 bits per heavy atom. The Kier molecular flexibility index (Phi) is 5.26. The Balaban J connectivity index is 1.58. The van der Waals surface area contributed by atoms with Gasteiger partial charge in [-0.15, -0.1) is 0 Å². The number of rotatable bonds is 6. The fraction of sp³-hybridized carbons (Fsp3) is 0.130. The van der Waals surface area contributed by atoms with Crippen molar-refractivity contribution in [3.05, 3.63) is 108 Å². The molecule has 0 amide bonds. The molecule has 0 fully saturated rings. The smallest absolute Gasteiger partial charge is 0.241 e. The van der Waals surface area contributed by atoms with Crippen LogP contribution in [0.5, 0.6) is 0 Å². The molecule has 0 atom stereocenters. The SMILES string of the molecule is CN(Cc1nc(-c2ccc(F)cc2)no1)C(c1ccccc1)c1ccccc1. The Bertz CT molecular complexity index is 977. The fourth-order valence-corrected chi connectivity index (χ4v) is 3.31. The number of halogens is 1. The van der Waals surface area contributed by atoms with Crippen molar-refractivity contribution in [2.45, 2.75) is 12.6 Å². The molecule has 4 nitrogen and oxygen atoms in total. The molecule has 1 heterocycles. The van der Waals surface area contributed by atoms with Crippen molar-refractivity contribution >= 4 is 0 Å². The summed E-state index contributed by atoms with van der Waals surface area (Å²) in [6, 6.07) is 26.8. The number of aromatic nitrogens is 2. The van der Waals surface area contributed by atoms with E-state index in [9.17, 15) is 4.39 Å². The molecule has 5 heteroatoms. The van der Waals surface area contributed by atoms with Crippen LogP contribution in [0.15, 0.2) is 89.5 Å². The summed E-state index contributed by atoms with van der Waals surface area (Å²) >= 11 is 0. The number of hydrogen-bond acceptors (Lipinski definition) is 4. The van der Waals surface area contributed by atoms with Crippen LogP contribution in [0, 0.1) is 5.82 Å². The van der Waals surface area contributed by atoms with Crippen LogP contribution in [0.3, 0.4) is 0 Å². The van der Waals surface area contributed by atoms with Crippen LogP contribution in [0.4, 0.5) is 4.39 Å². The van der Waals surface area contributed by atoms with Crippen LogP contribution in [-0.2, 0) is 6.54 Å². The van der Waals surface area contributed by atoms with E-state index in [0.717, 1.165) is 5.56 Å². The number of nitrogens with zero attached hydrogens (tertiary/aromatic N) is 3. The Morgan fingerprint density at radius 2 is 1.43 bits per heavy atom. The van der Waals surface area contributed by atoms with Gasteiger partial charge in [0.1, 0.15) is 5.82 Å². The van der Waals surface area contributed by atoms with Crippen LogP contribution in [0.25, 0.3) is 11.4 Å². The van der Waals surface area contributed by atoms with Gasteiger partial charge in [0.25, 0.3) is 0 Å². The summed E-state index contributed by atoms with van der Waals surface area (Å²) in [7, 11) is 2.03. The average molecular weight is 373 g/mol. The van der Waals surface area contributed by atoms with E-state index < -0.39 is 0 Å². The van der Waals surface area contributed by atoms with E-state index in [1.165, 1.54) is 23.3 Å². The average Bonchev–Trinajstić information content (AvgIpc) is 3.19. The van der Waals surface area contributed by atoms with Gasteiger partial charge in [0.15, 0.2) is 0 Å². The lowest BCUT2D eigenvalue weighted by Crippen LogP contribution is -2.25. The lowest BCUT2D eigenvalue weighted by atomic mass is 9.97. The minimum absolute atomic E-state index is 0.0589. The maximum absolute atomic E-state index is 13.1. The van der Waals surface area contributed by atoms with Gasteiger partial charge in [-0.25, -0.2) is 4.39 Å². The van der Waals surface area contributed by atoms with E-state index in [1.807, 2.05) is 43.4 Å². The molecule has 0 aliphatic heterocycles. The van der Waals surface area contributed by atoms with E-state index in [4.69, 9.17) is 4.52 Å². The molecule has 0 unspecified atom stereocenters. The Morgan fingerprint density at radius 3 is 2.00 bits per heavy atom.